The average molecular weight is 424 g/mol. The molecule has 0 aliphatic rings. The molecule has 3 aromatic rings. The molecule has 1 aromatic heterocycles. The largest absolute Gasteiger partial charge is 0.369 e. The van der Waals surface area contributed by atoms with Gasteiger partial charge in [-0.05, 0) is 36.8 Å². The van der Waals surface area contributed by atoms with Crippen molar-refractivity contribution in [2.75, 3.05) is 16.1 Å². The smallest absolute Gasteiger partial charge is 0.323 e. The van der Waals surface area contributed by atoms with Crippen molar-refractivity contribution in [3.8, 4) is 11.3 Å². The van der Waals surface area contributed by atoms with Crippen molar-refractivity contribution in [2.45, 2.75) is 6.92 Å². The predicted octanol–water partition coefficient (Wildman–Crippen LogP) is 2.74. The maximum atomic E-state index is 12.3. The molecular weight excluding hydrogens is 402 g/mol. The van der Waals surface area contributed by atoms with E-state index in [4.69, 9.17) is 17.3 Å². The van der Waals surface area contributed by atoms with Crippen LogP contribution in [0.4, 0.5) is 21.3 Å². The van der Waals surface area contributed by atoms with Gasteiger partial charge in [-0.1, -0.05) is 24.3 Å². The molecular formula is C19H21N9OS. The summed E-state index contributed by atoms with van der Waals surface area (Å²) in [7, 11) is 0. The molecule has 11 heteroatoms. The van der Waals surface area contributed by atoms with Gasteiger partial charge in [0.1, 0.15) is 0 Å². The number of nitrogen functional groups attached to an aromatic ring is 1. The van der Waals surface area contributed by atoms with E-state index in [-0.39, 0.29) is 12.0 Å². The van der Waals surface area contributed by atoms with Gasteiger partial charge in [-0.2, -0.15) is 5.10 Å². The zero-order chi connectivity index (χ0) is 21.5. The molecule has 154 valence electrons. The van der Waals surface area contributed by atoms with Crippen LogP contribution >= 0.6 is 11.3 Å². The van der Waals surface area contributed by atoms with Crippen LogP contribution in [0, 0.1) is 0 Å². The van der Waals surface area contributed by atoms with Crippen molar-refractivity contribution in [3.63, 3.8) is 0 Å². The minimum absolute atomic E-state index is 0.110. The van der Waals surface area contributed by atoms with Crippen LogP contribution in [0.3, 0.4) is 0 Å². The molecule has 30 heavy (non-hydrogen) atoms. The Morgan fingerprint density at radius 1 is 0.967 bits per heavy atom. The highest BCUT2D eigenvalue weighted by atomic mass is 32.1. The molecule has 0 aliphatic heterocycles. The second-order valence-corrected chi connectivity index (χ2v) is 6.98. The van der Waals surface area contributed by atoms with Crippen molar-refractivity contribution in [1.82, 2.24) is 4.98 Å². The Morgan fingerprint density at radius 3 is 2.10 bits per heavy atom. The Labute approximate surface area is 176 Å². The molecule has 1 heterocycles. The number of urea groups is 1. The van der Waals surface area contributed by atoms with Gasteiger partial charge in [0.05, 0.1) is 11.4 Å². The Morgan fingerprint density at radius 2 is 1.57 bits per heavy atom. The summed E-state index contributed by atoms with van der Waals surface area (Å²) in [6.45, 7) is 1.78. The number of nitrogens with zero attached hydrogens (tertiary/aromatic N) is 3. The third-order valence-electron chi connectivity index (χ3n) is 3.94. The van der Waals surface area contributed by atoms with Crippen LogP contribution in [0.25, 0.3) is 11.3 Å². The van der Waals surface area contributed by atoms with Crippen LogP contribution in [-0.2, 0) is 0 Å². The zero-order valence-corrected chi connectivity index (χ0v) is 16.9. The molecule has 0 spiro atoms. The van der Waals surface area contributed by atoms with E-state index in [1.54, 1.807) is 31.2 Å². The van der Waals surface area contributed by atoms with E-state index in [1.807, 2.05) is 29.6 Å². The number of benzene rings is 2. The van der Waals surface area contributed by atoms with Gasteiger partial charge in [0, 0.05) is 22.3 Å². The molecule has 0 atom stereocenters. The number of hydrazine groups is 1. The number of hydrogen-bond donors (Lipinski definition) is 6. The number of amides is 2. The van der Waals surface area contributed by atoms with Crippen LogP contribution in [0.1, 0.15) is 12.5 Å². The lowest BCUT2D eigenvalue weighted by Crippen LogP contribution is -2.22. The van der Waals surface area contributed by atoms with E-state index < -0.39 is 0 Å². The topological polar surface area (TPSA) is 169 Å². The van der Waals surface area contributed by atoms with Gasteiger partial charge in [-0.15, -0.1) is 16.4 Å². The molecule has 0 saturated carbocycles. The molecule has 0 fully saturated rings. The van der Waals surface area contributed by atoms with Gasteiger partial charge < -0.3 is 22.1 Å². The summed E-state index contributed by atoms with van der Waals surface area (Å²) in [4.78, 5) is 16.6. The SMILES string of the molecule is C/C(=N/N=C(N)N)c1ccc(NC(=O)Nc2ccc(-c3csc(NN)n3)cc2)cc1. The lowest BCUT2D eigenvalue weighted by molar-refractivity contribution is 0.262. The molecule has 10 nitrogen and oxygen atoms in total. The fourth-order valence-electron chi connectivity index (χ4n) is 2.48. The Balaban J connectivity index is 1.59. The molecule has 2 aromatic carbocycles. The Hall–Kier alpha value is -3.96. The van der Waals surface area contributed by atoms with Gasteiger partial charge in [-0.25, -0.2) is 15.6 Å². The van der Waals surface area contributed by atoms with E-state index in [0.717, 1.165) is 16.8 Å². The fourth-order valence-corrected chi connectivity index (χ4v) is 3.11. The first-order valence-corrected chi connectivity index (χ1v) is 9.67. The monoisotopic (exact) mass is 423 g/mol. The lowest BCUT2D eigenvalue weighted by Gasteiger charge is -2.09. The minimum Gasteiger partial charge on any atom is -0.369 e. The zero-order valence-electron chi connectivity index (χ0n) is 16.1. The average Bonchev–Trinajstić information content (AvgIpc) is 3.22. The second-order valence-electron chi connectivity index (χ2n) is 6.13. The molecule has 9 N–H and O–H groups in total. The highest BCUT2D eigenvalue weighted by Crippen LogP contribution is 2.25. The number of carbonyl (C=O) groups is 1. The van der Waals surface area contributed by atoms with Crippen molar-refractivity contribution < 1.29 is 4.79 Å². The predicted molar refractivity (Wildman–Crippen MR) is 122 cm³/mol. The number of nitrogens with one attached hydrogen (secondary N) is 3. The maximum Gasteiger partial charge on any atom is 0.323 e. The summed E-state index contributed by atoms with van der Waals surface area (Å²) in [5.74, 6) is 5.24. The molecule has 0 saturated heterocycles. The molecule has 0 unspecified atom stereocenters. The highest BCUT2D eigenvalue weighted by Gasteiger charge is 2.06. The molecule has 2 amide bonds. The minimum atomic E-state index is -0.357. The normalized spacial score (nSPS) is 10.9. The first-order valence-electron chi connectivity index (χ1n) is 8.79. The van der Waals surface area contributed by atoms with E-state index in [0.29, 0.717) is 22.2 Å². The van der Waals surface area contributed by atoms with Gasteiger partial charge in [0.15, 0.2) is 5.13 Å². The van der Waals surface area contributed by atoms with E-state index in [2.05, 4.69) is 31.2 Å². The molecule has 0 bridgehead atoms. The molecule has 0 aliphatic carbocycles. The quantitative estimate of drug-likeness (QED) is 0.154. The van der Waals surface area contributed by atoms with E-state index >= 15 is 0 Å². The van der Waals surface area contributed by atoms with Crippen LogP contribution < -0.4 is 33.4 Å². The highest BCUT2D eigenvalue weighted by molar-refractivity contribution is 7.14. The number of rotatable bonds is 6. The van der Waals surface area contributed by atoms with Crippen LogP contribution in [0.15, 0.2) is 64.1 Å². The number of nitrogens with two attached hydrogens (primary N) is 3. The summed E-state index contributed by atoms with van der Waals surface area (Å²) in [5.41, 5.74) is 17.5. The number of thiazole rings is 1. The van der Waals surface area contributed by atoms with Crippen LogP contribution in [-0.4, -0.2) is 22.7 Å². The van der Waals surface area contributed by atoms with Gasteiger partial charge in [-0.3, -0.25) is 5.43 Å². The van der Waals surface area contributed by atoms with Crippen molar-refractivity contribution in [2.24, 2.45) is 27.5 Å². The molecule has 0 radical (unpaired) electrons. The summed E-state index contributed by atoms with van der Waals surface area (Å²) >= 11 is 1.42. The van der Waals surface area contributed by atoms with Gasteiger partial charge in [0.25, 0.3) is 0 Å². The standard InChI is InChI=1S/C19H21N9OS/c1-11(27-28-17(20)21)12-2-6-14(7-3-12)23-18(29)24-15-8-4-13(5-9-15)16-10-30-19(25-16)26-22/h2-10H,22H2,1H3,(H,25,26)(H4,20,21,28)(H2,23,24,29)/b27-11-. The van der Waals surface area contributed by atoms with Gasteiger partial charge >= 0.3 is 6.03 Å². The number of aromatic nitrogens is 1. The summed E-state index contributed by atoms with van der Waals surface area (Å²) in [6.07, 6.45) is 0. The van der Waals surface area contributed by atoms with E-state index in [9.17, 15) is 4.79 Å². The van der Waals surface area contributed by atoms with Crippen molar-refractivity contribution in [1.29, 1.82) is 0 Å². The first kappa shape index (κ1) is 20.8. The van der Waals surface area contributed by atoms with Crippen molar-refractivity contribution >= 4 is 45.5 Å². The van der Waals surface area contributed by atoms with E-state index in [1.165, 1.54) is 11.3 Å². The summed E-state index contributed by atoms with van der Waals surface area (Å²) < 4.78 is 0. The molecule has 3 rings (SSSR count). The van der Waals surface area contributed by atoms with Gasteiger partial charge in [0.2, 0.25) is 5.96 Å². The fraction of sp³-hybridized carbons (Fsp3) is 0.0526. The summed E-state index contributed by atoms with van der Waals surface area (Å²) in [5, 5.41) is 15.6. The Bertz CT molecular complexity index is 1070. The third-order valence-corrected chi connectivity index (χ3v) is 4.72. The number of guanidine groups is 1. The lowest BCUT2D eigenvalue weighted by atomic mass is 10.1. The second kappa shape index (κ2) is 9.49. The van der Waals surface area contributed by atoms with Crippen molar-refractivity contribution in [3.05, 3.63) is 59.5 Å². The van der Waals surface area contributed by atoms with Crippen LogP contribution in [0.5, 0.6) is 0 Å². The number of carbonyl (C=O) groups excluding carboxylic acids is 1. The number of anilines is 3. The van der Waals surface area contributed by atoms with Crippen LogP contribution in [0.2, 0.25) is 0 Å². The third kappa shape index (κ3) is 5.53. The number of hydrogen-bond acceptors (Lipinski definition) is 7. The maximum absolute atomic E-state index is 12.3. The first-order chi connectivity index (χ1) is 14.4. The Kier molecular flexibility index (Phi) is 6.57. The summed E-state index contributed by atoms with van der Waals surface area (Å²) in [6, 6.07) is 14.1.